The first-order valence-corrected chi connectivity index (χ1v) is 12.3. The van der Waals surface area contributed by atoms with Crippen molar-refractivity contribution in [2.45, 2.75) is 25.2 Å². The molecule has 0 heterocycles. The third kappa shape index (κ3) is 6.26. The van der Waals surface area contributed by atoms with E-state index in [-0.39, 0.29) is 5.69 Å². The smallest absolute Gasteiger partial charge is 0.296 e. The second kappa shape index (κ2) is 12.5. The zero-order chi connectivity index (χ0) is 26.9. The van der Waals surface area contributed by atoms with Gasteiger partial charge in [-0.15, -0.1) is 15.3 Å². The molecule has 0 aliphatic heterocycles. The molecule has 0 radical (unpaired) electrons. The largest absolute Gasteiger partial charge is 0.505 e. The Morgan fingerprint density at radius 3 is 2.11 bits per heavy atom. The van der Waals surface area contributed by atoms with Crippen LogP contribution in [0.3, 0.4) is 0 Å². The molecule has 0 atom stereocenters. The molecular weight excluding hydrogens is 476 g/mol. The Kier molecular flexibility index (Phi) is 9.72. The van der Waals surface area contributed by atoms with Gasteiger partial charge < -0.3 is 5.11 Å². The van der Waals surface area contributed by atoms with Crippen LogP contribution in [0.5, 0.6) is 5.75 Å². The summed E-state index contributed by atoms with van der Waals surface area (Å²) in [7, 11) is -4.72. The molecule has 9 heteroatoms. The van der Waals surface area contributed by atoms with Gasteiger partial charge in [-0.3, -0.25) is 4.55 Å². The molecule has 0 bridgehead atoms. The lowest BCUT2D eigenvalue weighted by atomic mass is 10.0. The predicted octanol–water partition coefficient (Wildman–Crippen LogP) is 6.67. The number of nitrogens with zero attached hydrogens (tertiary/aromatic N) is 4. The second-order valence-electron chi connectivity index (χ2n) is 7.22. The quantitative estimate of drug-likeness (QED) is 0.213. The summed E-state index contributed by atoms with van der Waals surface area (Å²) in [5.74, 6) is -0.420. The Labute approximate surface area is 210 Å². The molecule has 2 aromatic rings. The number of hydrogen-bond donors (Lipinski definition) is 2. The molecule has 36 heavy (non-hydrogen) atoms. The zero-order valence-electron chi connectivity index (χ0n) is 20.2. The van der Waals surface area contributed by atoms with Gasteiger partial charge in [0.1, 0.15) is 10.6 Å². The van der Waals surface area contributed by atoms with E-state index in [2.05, 4.69) is 46.8 Å². The molecule has 0 aliphatic carbocycles. The minimum atomic E-state index is -4.72. The number of aromatic hydroxyl groups is 1. The average Bonchev–Trinajstić information content (AvgIpc) is 2.85. The highest BCUT2D eigenvalue weighted by molar-refractivity contribution is 7.86. The summed E-state index contributed by atoms with van der Waals surface area (Å²) in [6.45, 7) is 18.5. The van der Waals surface area contributed by atoms with Crippen LogP contribution in [0.15, 0.2) is 93.8 Å². The van der Waals surface area contributed by atoms with Crippen LogP contribution in [0, 0.1) is 0 Å². The molecule has 0 unspecified atom stereocenters. The molecule has 2 rings (SSSR count). The van der Waals surface area contributed by atoms with Crippen molar-refractivity contribution in [1.29, 1.82) is 0 Å². The number of rotatable bonds is 10. The number of allylic oxidation sites excluding steroid dienone is 3. The van der Waals surface area contributed by atoms with Crippen LogP contribution in [0.4, 0.5) is 17.1 Å². The van der Waals surface area contributed by atoms with Crippen LogP contribution in [-0.4, -0.2) is 18.1 Å². The monoisotopic (exact) mass is 504 g/mol. The van der Waals surface area contributed by atoms with Gasteiger partial charge in [0.2, 0.25) is 0 Å². The first-order valence-electron chi connectivity index (χ1n) is 10.9. The highest BCUT2D eigenvalue weighted by atomic mass is 32.2. The van der Waals surface area contributed by atoms with Crippen LogP contribution in [0.2, 0.25) is 0 Å². The summed E-state index contributed by atoms with van der Waals surface area (Å²) in [5, 5.41) is 28.2. The third-order valence-corrected chi connectivity index (χ3v) is 5.85. The van der Waals surface area contributed by atoms with Crippen LogP contribution >= 0.6 is 0 Å². The molecule has 0 saturated heterocycles. The van der Waals surface area contributed by atoms with Gasteiger partial charge in [0.15, 0.2) is 5.75 Å². The van der Waals surface area contributed by atoms with Gasteiger partial charge in [0.25, 0.3) is 10.1 Å². The van der Waals surface area contributed by atoms with E-state index in [1.165, 1.54) is 18.2 Å². The molecule has 0 aromatic heterocycles. The van der Waals surface area contributed by atoms with Crippen LogP contribution in [0.1, 0.15) is 31.4 Å². The normalized spacial score (nSPS) is 13.5. The van der Waals surface area contributed by atoms with Gasteiger partial charge in [0, 0.05) is 16.3 Å². The zero-order valence-corrected chi connectivity index (χ0v) is 21.0. The highest BCUT2D eigenvalue weighted by Crippen LogP contribution is 2.36. The summed E-state index contributed by atoms with van der Waals surface area (Å²) in [6, 6.07) is 4.47. The Morgan fingerprint density at radius 1 is 1.03 bits per heavy atom. The summed E-state index contributed by atoms with van der Waals surface area (Å²) < 4.78 is 34.0. The van der Waals surface area contributed by atoms with Gasteiger partial charge in [0.05, 0.1) is 17.1 Å². The second-order valence-corrected chi connectivity index (χ2v) is 8.61. The van der Waals surface area contributed by atoms with E-state index in [0.717, 1.165) is 0 Å². The third-order valence-electron chi connectivity index (χ3n) is 4.98. The Balaban J connectivity index is 2.77. The molecule has 0 spiro atoms. The summed E-state index contributed by atoms with van der Waals surface area (Å²) in [6.07, 6.45) is 11.7. The maximum absolute atomic E-state index is 12.1. The fraction of sp³-hybridized carbons (Fsp3) is 0.111. The van der Waals surface area contributed by atoms with Crippen molar-refractivity contribution < 1.29 is 18.1 Å². The topological polar surface area (TPSA) is 124 Å². The van der Waals surface area contributed by atoms with Crippen molar-refractivity contribution >= 4 is 51.5 Å². The summed E-state index contributed by atoms with van der Waals surface area (Å²) in [5.41, 5.74) is 1.95. The minimum absolute atomic E-state index is 0.302. The molecule has 0 saturated carbocycles. The van der Waals surface area contributed by atoms with Crippen LogP contribution in [-0.2, 0) is 10.1 Å². The summed E-state index contributed by atoms with van der Waals surface area (Å²) in [4.78, 5) is -0.561. The fourth-order valence-corrected chi connectivity index (χ4v) is 4.01. The number of phenolic OH excluding ortho intramolecular Hbond substituents is 1. The fourth-order valence-electron chi connectivity index (χ4n) is 3.35. The van der Waals surface area contributed by atoms with E-state index in [1.807, 2.05) is 6.92 Å². The summed E-state index contributed by atoms with van der Waals surface area (Å²) >= 11 is 0. The maximum Gasteiger partial charge on any atom is 0.296 e. The first-order chi connectivity index (χ1) is 17.2. The molecule has 0 amide bonds. The standard InChI is InChI=1S/C27H28N4O4S/c1-7-13-18-17-25(36(33,34)35)26(27(32)20(18)10-4)31-30-24-16-15-23(21(11-5)22(24)12-6)29-28-19(9-3)14-8-2/h8-17,32H,2-3,5-7H2,1,4H3,(H,33,34,35)/b18-13-,19-14+,20-10+,29-28?,31-30?. The molecule has 186 valence electrons. The van der Waals surface area contributed by atoms with Crippen molar-refractivity contribution in [3.8, 4) is 5.75 Å². The molecular formula is C27H28N4O4S. The van der Waals surface area contributed by atoms with Gasteiger partial charge in [-0.25, -0.2) is 0 Å². The molecule has 0 fully saturated rings. The Bertz CT molecular complexity index is 1530. The number of phenols is 1. The molecule has 8 nitrogen and oxygen atoms in total. The van der Waals surface area contributed by atoms with Crippen molar-refractivity contribution in [3.05, 3.63) is 90.0 Å². The van der Waals surface area contributed by atoms with Gasteiger partial charge >= 0.3 is 0 Å². The van der Waals surface area contributed by atoms with E-state index >= 15 is 0 Å². The van der Waals surface area contributed by atoms with E-state index in [1.54, 1.807) is 49.4 Å². The van der Waals surface area contributed by atoms with Crippen molar-refractivity contribution in [2.24, 2.45) is 20.5 Å². The lowest BCUT2D eigenvalue weighted by Gasteiger charge is -2.09. The molecule has 0 aliphatic rings. The lowest BCUT2D eigenvalue weighted by molar-refractivity contribution is 0.463. The Hall–Kier alpha value is -4.21. The number of benzene rings is 2. The first kappa shape index (κ1) is 28.0. The minimum Gasteiger partial charge on any atom is -0.505 e. The number of azo groups is 2. The average molecular weight is 505 g/mol. The predicted molar refractivity (Wildman–Crippen MR) is 146 cm³/mol. The van der Waals surface area contributed by atoms with Crippen LogP contribution < -0.4 is 10.4 Å². The lowest BCUT2D eigenvalue weighted by Crippen LogP contribution is -2.26. The Morgan fingerprint density at radius 2 is 1.64 bits per heavy atom. The molecule has 2 aromatic carbocycles. The SMILES string of the molecule is C=C/C=C(\C=C)N=Nc1ccc(N=Nc2c(S(=O)(=O)O)cc(=C/CC)/c(=C\C)c2O)c(C=C)c1C=C. The number of hydrogen-bond acceptors (Lipinski definition) is 7. The van der Waals surface area contributed by atoms with E-state index in [0.29, 0.717) is 45.1 Å². The van der Waals surface area contributed by atoms with Gasteiger partial charge in [-0.2, -0.15) is 13.5 Å². The maximum atomic E-state index is 12.1. The van der Waals surface area contributed by atoms with Crippen molar-refractivity contribution in [3.63, 3.8) is 0 Å². The van der Waals surface area contributed by atoms with E-state index < -0.39 is 20.8 Å². The van der Waals surface area contributed by atoms with Gasteiger partial charge in [-0.05, 0) is 48.9 Å². The van der Waals surface area contributed by atoms with E-state index in [9.17, 15) is 18.1 Å². The van der Waals surface area contributed by atoms with Crippen molar-refractivity contribution in [1.82, 2.24) is 0 Å². The van der Waals surface area contributed by atoms with Gasteiger partial charge in [-0.1, -0.05) is 63.6 Å². The van der Waals surface area contributed by atoms with E-state index in [4.69, 9.17) is 0 Å². The highest BCUT2D eigenvalue weighted by Gasteiger charge is 2.21. The van der Waals surface area contributed by atoms with Crippen LogP contribution in [0.25, 0.3) is 24.3 Å². The molecule has 2 N–H and O–H groups in total. The van der Waals surface area contributed by atoms with Crippen molar-refractivity contribution in [2.75, 3.05) is 0 Å².